The molecular weight excluding hydrogens is 279 g/mol. The summed E-state index contributed by atoms with van der Waals surface area (Å²) in [7, 11) is 0. The van der Waals surface area contributed by atoms with Crippen molar-refractivity contribution in [1.82, 2.24) is 4.90 Å². The highest BCUT2D eigenvalue weighted by molar-refractivity contribution is 5.88. The highest BCUT2D eigenvalue weighted by Gasteiger charge is 2.48. The van der Waals surface area contributed by atoms with Crippen molar-refractivity contribution in [3.8, 4) is 5.75 Å². The number of halogens is 3. The fourth-order valence-electron chi connectivity index (χ4n) is 2.25. The number of fused-ring (bicyclic) bond motifs is 1. The molecule has 0 saturated carbocycles. The summed E-state index contributed by atoms with van der Waals surface area (Å²) in [4.78, 5) is 22.8. The lowest BCUT2D eigenvalue weighted by molar-refractivity contribution is -0.190. The number of phenolic OH excluding ortho intramolecular Hbond substituents is 1. The second-order valence-corrected chi connectivity index (χ2v) is 4.37. The lowest BCUT2D eigenvalue weighted by atomic mass is 9.92. The van der Waals surface area contributed by atoms with Crippen LogP contribution in [0.15, 0.2) is 18.2 Å². The molecule has 1 aromatic rings. The zero-order valence-corrected chi connectivity index (χ0v) is 10.0. The molecule has 1 aliphatic heterocycles. The number of phenols is 1. The van der Waals surface area contributed by atoms with E-state index in [1.807, 2.05) is 0 Å². The Bertz CT molecular complexity index is 570. The first-order valence-electron chi connectivity index (χ1n) is 5.64. The summed E-state index contributed by atoms with van der Waals surface area (Å²) in [5.74, 6) is -4.04. The number of rotatable bonds is 1. The van der Waals surface area contributed by atoms with Gasteiger partial charge in [0.15, 0.2) is 6.04 Å². The summed E-state index contributed by atoms with van der Waals surface area (Å²) in [6.07, 6.45) is -5.04. The zero-order valence-electron chi connectivity index (χ0n) is 10.0. The average molecular weight is 289 g/mol. The molecule has 8 heteroatoms. The maximum atomic E-state index is 12.5. The van der Waals surface area contributed by atoms with Crippen molar-refractivity contribution >= 4 is 11.9 Å². The number of aromatic hydroxyl groups is 1. The lowest BCUT2D eigenvalue weighted by Crippen LogP contribution is -2.48. The number of hydrogen-bond acceptors (Lipinski definition) is 3. The number of aliphatic carboxylic acids is 1. The Morgan fingerprint density at radius 2 is 1.95 bits per heavy atom. The van der Waals surface area contributed by atoms with Crippen LogP contribution in [0.5, 0.6) is 5.75 Å². The molecule has 108 valence electrons. The van der Waals surface area contributed by atoms with Gasteiger partial charge in [-0.1, -0.05) is 6.07 Å². The number of carbonyl (C=O) groups is 2. The van der Waals surface area contributed by atoms with Gasteiger partial charge in [-0.05, 0) is 29.7 Å². The number of hydrogen-bond donors (Lipinski definition) is 2. The van der Waals surface area contributed by atoms with Crippen molar-refractivity contribution in [2.45, 2.75) is 18.6 Å². The van der Waals surface area contributed by atoms with Gasteiger partial charge in [0.2, 0.25) is 0 Å². The summed E-state index contributed by atoms with van der Waals surface area (Å²) >= 11 is 0. The number of carboxylic acids is 1. The van der Waals surface area contributed by atoms with Gasteiger partial charge in [-0.25, -0.2) is 4.79 Å². The first kappa shape index (κ1) is 14.2. The summed E-state index contributed by atoms with van der Waals surface area (Å²) in [5.41, 5.74) is 0.503. The van der Waals surface area contributed by atoms with Crippen LogP contribution < -0.4 is 0 Å². The number of benzene rings is 1. The van der Waals surface area contributed by atoms with Crippen LogP contribution in [0, 0.1) is 0 Å². The van der Waals surface area contributed by atoms with E-state index in [-0.39, 0.29) is 29.2 Å². The lowest BCUT2D eigenvalue weighted by Gasteiger charge is -2.35. The van der Waals surface area contributed by atoms with Crippen LogP contribution in [-0.4, -0.2) is 39.7 Å². The Morgan fingerprint density at radius 3 is 2.50 bits per heavy atom. The molecule has 1 atom stereocenters. The Morgan fingerprint density at radius 1 is 1.30 bits per heavy atom. The van der Waals surface area contributed by atoms with E-state index in [4.69, 9.17) is 5.11 Å². The minimum absolute atomic E-state index is 0.00125. The Balaban J connectivity index is 2.48. The van der Waals surface area contributed by atoms with E-state index in [2.05, 4.69) is 0 Å². The van der Waals surface area contributed by atoms with Crippen LogP contribution in [0.2, 0.25) is 0 Å². The van der Waals surface area contributed by atoms with Gasteiger partial charge in [-0.2, -0.15) is 13.2 Å². The second kappa shape index (κ2) is 4.69. The molecule has 1 heterocycles. The van der Waals surface area contributed by atoms with E-state index in [0.29, 0.717) is 5.56 Å². The van der Waals surface area contributed by atoms with E-state index < -0.39 is 24.1 Å². The molecule has 5 nitrogen and oxygen atoms in total. The molecule has 0 saturated heterocycles. The minimum atomic E-state index is -5.14. The predicted molar refractivity (Wildman–Crippen MR) is 60.0 cm³/mol. The van der Waals surface area contributed by atoms with Crippen molar-refractivity contribution in [2.75, 3.05) is 6.54 Å². The van der Waals surface area contributed by atoms with E-state index in [9.17, 15) is 27.9 Å². The van der Waals surface area contributed by atoms with E-state index >= 15 is 0 Å². The third-order valence-corrected chi connectivity index (χ3v) is 3.10. The Hall–Kier alpha value is -2.25. The molecule has 0 radical (unpaired) electrons. The molecular formula is C12H10F3NO4. The quantitative estimate of drug-likeness (QED) is 0.820. The van der Waals surface area contributed by atoms with Crippen molar-refractivity contribution in [3.63, 3.8) is 0 Å². The number of amides is 1. The molecule has 0 fully saturated rings. The van der Waals surface area contributed by atoms with E-state index in [1.165, 1.54) is 12.1 Å². The topological polar surface area (TPSA) is 77.8 Å². The average Bonchev–Trinajstić information content (AvgIpc) is 2.34. The van der Waals surface area contributed by atoms with Gasteiger partial charge in [0.1, 0.15) is 5.75 Å². The van der Waals surface area contributed by atoms with Crippen LogP contribution in [0.4, 0.5) is 13.2 Å². The third-order valence-electron chi connectivity index (χ3n) is 3.10. The largest absolute Gasteiger partial charge is 0.508 e. The zero-order chi connectivity index (χ0) is 15.1. The third kappa shape index (κ3) is 2.40. The molecule has 20 heavy (non-hydrogen) atoms. The molecule has 0 spiro atoms. The smallest absolute Gasteiger partial charge is 0.471 e. The second-order valence-electron chi connectivity index (χ2n) is 4.37. The summed E-state index contributed by atoms with van der Waals surface area (Å²) in [5, 5.41) is 18.5. The van der Waals surface area contributed by atoms with Crippen LogP contribution in [0.25, 0.3) is 0 Å². The van der Waals surface area contributed by atoms with Gasteiger partial charge >= 0.3 is 18.1 Å². The van der Waals surface area contributed by atoms with Crippen molar-refractivity contribution in [2.24, 2.45) is 0 Å². The van der Waals surface area contributed by atoms with Crippen molar-refractivity contribution < 1.29 is 33.0 Å². The number of carbonyl (C=O) groups excluding carboxylic acids is 1. The van der Waals surface area contributed by atoms with Gasteiger partial charge in [0.25, 0.3) is 0 Å². The van der Waals surface area contributed by atoms with Crippen LogP contribution in [-0.2, 0) is 16.0 Å². The minimum Gasteiger partial charge on any atom is -0.508 e. The fourth-order valence-corrected chi connectivity index (χ4v) is 2.25. The number of nitrogens with zero attached hydrogens (tertiary/aromatic N) is 1. The van der Waals surface area contributed by atoms with Crippen LogP contribution >= 0.6 is 0 Å². The summed E-state index contributed by atoms with van der Waals surface area (Å²) in [6, 6.07) is 2.08. The van der Waals surface area contributed by atoms with Gasteiger partial charge in [-0.3, -0.25) is 4.79 Å². The maximum absolute atomic E-state index is 12.5. The van der Waals surface area contributed by atoms with Crippen molar-refractivity contribution in [3.05, 3.63) is 29.3 Å². The fraction of sp³-hybridized carbons (Fsp3) is 0.333. The predicted octanol–water partition coefficient (Wildman–Crippen LogP) is 1.46. The Kier molecular flexibility index (Phi) is 3.33. The molecule has 1 amide bonds. The standard InChI is InChI=1S/C12H10F3NO4/c13-12(14,15)11(20)16-4-3-6-1-2-7(17)5-8(6)9(16)10(18)19/h1-2,5,9,17H,3-4H2,(H,18,19). The summed E-state index contributed by atoms with van der Waals surface area (Å²) in [6.45, 7) is -0.340. The van der Waals surface area contributed by atoms with Crippen LogP contribution in [0.3, 0.4) is 0 Å². The number of alkyl halides is 3. The van der Waals surface area contributed by atoms with Crippen molar-refractivity contribution in [1.29, 1.82) is 0 Å². The molecule has 1 aromatic carbocycles. The van der Waals surface area contributed by atoms with E-state index in [0.717, 1.165) is 6.07 Å². The number of carboxylic acid groups (broad SMARTS) is 1. The summed E-state index contributed by atoms with van der Waals surface area (Å²) < 4.78 is 37.5. The first-order valence-corrected chi connectivity index (χ1v) is 5.64. The molecule has 0 aromatic heterocycles. The normalized spacial score (nSPS) is 18.6. The molecule has 0 bridgehead atoms. The van der Waals surface area contributed by atoms with Crippen LogP contribution in [0.1, 0.15) is 17.2 Å². The van der Waals surface area contributed by atoms with E-state index in [1.54, 1.807) is 0 Å². The first-order chi connectivity index (χ1) is 9.21. The van der Waals surface area contributed by atoms with Gasteiger partial charge in [0.05, 0.1) is 0 Å². The molecule has 0 aliphatic carbocycles. The van der Waals surface area contributed by atoms with Gasteiger partial charge < -0.3 is 15.1 Å². The SMILES string of the molecule is O=C(O)C1c2cc(O)ccc2CCN1C(=O)C(F)(F)F. The van der Waals surface area contributed by atoms with Gasteiger partial charge in [-0.15, -0.1) is 0 Å². The highest BCUT2D eigenvalue weighted by atomic mass is 19.4. The maximum Gasteiger partial charge on any atom is 0.471 e. The monoisotopic (exact) mass is 289 g/mol. The molecule has 2 N–H and O–H groups in total. The molecule has 1 unspecified atom stereocenters. The molecule has 2 rings (SSSR count). The Labute approximate surface area is 111 Å². The molecule has 1 aliphatic rings. The van der Waals surface area contributed by atoms with Gasteiger partial charge in [0, 0.05) is 6.54 Å². The highest BCUT2D eigenvalue weighted by Crippen LogP contribution is 2.35.